The Morgan fingerprint density at radius 2 is 1.70 bits per heavy atom. The van der Waals surface area contributed by atoms with Gasteiger partial charge < -0.3 is 14.2 Å². The van der Waals surface area contributed by atoms with Gasteiger partial charge in [0.1, 0.15) is 18.3 Å². The van der Waals surface area contributed by atoms with E-state index in [0.29, 0.717) is 0 Å². The van der Waals surface area contributed by atoms with Gasteiger partial charge in [0, 0.05) is 0 Å². The van der Waals surface area contributed by atoms with Gasteiger partial charge in [-0.25, -0.2) is 0 Å². The van der Waals surface area contributed by atoms with Crippen molar-refractivity contribution in [2.45, 2.75) is 79.7 Å². The summed E-state index contributed by atoms with van der Waals surface area (Å²) in [6.45, 7) is 8.01. The lowest BCUT2D eigenvalue weighted by Crippen LogP contribution is -2.54. The summed E-state index contributed by atoms with van der Waals surface area (Å²) >= 11 is 3.92. The quantitative estimate of drug-likeness (QED) is 0.594. The second-order valence-electron chi connectivity index (χ2n) is 8.73. The highest BCUT2D eigenvalue weighted by Crippen LogP contribution is 2.48. The number of rotatable bonds is 5. The van der Waals surface area contributed by atoms with Gasteiger partial charge in [-0.05, 0) is 64.2 Å². The molecule has 4 unspecified atom stereocenters. The minimum atomic E-state index is -3.93. The molecule has 0 saturated carbocycles. The molecule has 1 aromatic carbocycles. The lowest BCUT2D eigenvalue weighted by Gasteiger charge is -2.41. The molecule has 4 atom stereocenters. The monoisotopic (exact) mass is 474 g/mol. The average molecular weight is 475 g/mol. The third-order valence-corrected chi connectivity index (χ3v) is 10.2. The number of hydrogen-bond donors (Lipinski definition) is 0. The van der Waals surface area contributed by atoms with Crippen molar-refractivity contribution in [1.29, 1.82) is 0 Å². The highest BCUT2D eigenvalue weighted by Gasteiger charge is 2.54. The first-order chi connectivity index (χ1) is 14.1. The van der Waals surface area contributed by atoms with Crippen LogP contribution in [0.25, 0.3) is 0 Å². The predicted molar refractivity (Wildman–Crippen MR) is 119 cm³/mol. The van der Waals surface area contributed by atoms with Crippen LogP contribution in [0.5, 0.6) is 0 Å². The molecule has 9 heteroatoms. The van der Waals surface area contributed by atoms with Gasteiger partial charge >= 0.3 is 0 Å². The molecule has 0 radical (unpaired) electrons. The zero-order valence-corrected chi connectivity index (χ0v) is 20.3. The number of ether oxygens (including phenoxy) is 3. The van der Waals surface area contributed by atoms with Crippen molar-refractivity contribution >= 4 is 33.6 Å². The van der Waals surface area contributed by atoms with Crippen molar-refractivity contribution in [2.75, 3.05) is 18.1 Å². The van der Waals surface area contributed by atoms with Crippen molar-refractivity contribution in [1.82, 2.24) is 0 Å². The topological polar surface area (TPSA) is 71.1 Å². The molecule has 4 rings (SSSR count). The summed E-state index contributed by atoms with van der Waals surface area (Å²) < 4.78 is 49.8. The van der Waals surface area contributed by atoms with Crippen LogP contribution in [0, 0.1) is 6.92 Å². The first-order valence-electron chi connectivity index (χ1n) is 10.3. The Balaban J connectivity index is 1.51. The summed E-state index contributed by atoms with van der Waals surface area (Å²) in [6.07, 6.45) is 0.260. The highest BCUT2D eigenvalue weighted by molar-refractivity contribution is 8.18. The minimum absolute atomic E-state index is 0.0607. The molecule has 3 fully saturated rings. The van der Waals surface area contributed by atoms with E-state index in [1.54, 1.807) is 24.3 Å². The van der Waals surface area contributed by atoms with Gasteiger partial charge in [-0.3, -0.25) is 4.18 Å². The molecular weight excluding hydrogens is 444 g/mol. The van der Waals surface area contributed by atoms with Gasteiger partial charge in [0.05, 0.1) is 21.7 Å². The Bertz CT molecular complexity index is 848. The Morgan fingerprint density at radius 1 is 1.07 bits per heavy atom. The molecule has 0 spiro atoms. The van der Waals surface area contributed by atoms with Gasteiger partial charge in [-0.2, -0.15) is 8.42 Å². The second kappa shape index (κ2) is 8.57. The number of hydrogen-bond acceptors (Lipinski definition) is 8. The zero-order chi connectivity index (χ0) is 21.6. The van der Waals surface area contributed by atoms with Crippen LogP contribution in [0.3, 0.4) is 0 Å². The maximum absolute atomic E-state index is 12.8. The predicted octanol–water partition coefficient (Wildman–Crippen LogP) is 3.96. The van der Waals surface area contributed by atoms with Crippen molar-refractivity contribution < 1.29 is 26.8 Å². The summed E-state index contributed by atoms with van der Waals surface area (Å²) in [5.74, 6) is 1.48. The van der Waals surface area contributed by atoms with Gasteiger partial charge in [0.25, 0.3) is 10.1 Å². The molecule has 30 heavy (non-hydrogen) atoms. The van der Waals surface area contributed by atoms with Gasteiger partial charge in [-0.15, -0.1) is 23.5 Å². The van der Waals surface area contributed by atoms with Crippen LogP contribution in [-0.2, 0) is 28.5 Å². The van der Waals surface area contributed by atoms with Crippen LogP contribution in [0.1, 0.15) is 39.2 Å². The summed E-state index contributed by atoms with van der Waals surface area (Å²) in [7, 11) is -3.93. The van der Waals surface area contributed by atoms with E-state index in [1.165, 1.54) is 6.42 Å². The van der Waals surface area contributed by atoms with Crippen LogP contribution in [0.2, 0.25) is 0 Å². The van der Waals surface area contributed by atoms with Crippen molar-refractivity contribution in [3.8, 4) is 0 Å². The minimum Gasteiger partial charge on any atom is -0.372 e. The van der Waals surface area contributed by atoms with Crippen molar-refractivity contribution in [3.63, 3.8) is 0 Å². The molecule has 3 heterocycles. The zero-order valence-electron chi connectivity index (χ0n) is 17.8. The molecule has 0 N–H and O–H groups in total. The molecule has 3 saturated heterocycles. The van der Waals surface area contributed by atoms with Crippen LogP contribution < -0.4 is 0 Å². The molecule has 0 bridgehead atoms. The molecule has 3 aliphatic rings. The average Bonchev–Trinajstić information content (AvgIpc) is 3.00. The first kappa shape index (κ1) is 22.9. The van der Waals surface area contributed by atoms with Crippen LogP contribution in [0.4, 0.5) is 0 Å². The fourth-order valence-corrected chi connectivity index (χ4v) is 8.23. The van der Waals surface area contributed by atoms with Gasteiger partial charge in [0.2, 0.25) is 0 Å². The fraction of sp³-hybridized carbons (Fsp3) is 0.714. The summed E-state index contributed by atoms with van der Waals surface area (Å²) in [5, 5.41) is 0. The lowest BCUT2D eigenvalue weighted by molar-refractivity contribution is -0.154. The third kappa shape index (κ3) is 5.03. The molecule has 168 valence electrons. The first-order valence-corrected chi connectivity index (χ1v) is 13.7. The molecule has 3 aliphatic heterocycles. The molecule has 0 aliphatic carbocycles. The van der Waals surface area contributed by atoms with Crippen LogP contribution in [-0.4, -0.2) is 60.8 Å². The van der Waals surface area contributed by atoms with E-state index in [1.807, 2.05) is 44.3 Å². The maximum atomic E-state index is 12.8. The summed E-state index contributed by atoms with van der Waals surface area (Å²) in [5.41, 5.74) is 0.985. The highest BCUT2D eigenvalue weighted by atomic mass is 32.2. The van der Waals surface area contributed by atoms with E-state index in [-0.39, 0.29) is 27.8 Å². The second-order valence-corrected chi connectivity index (χ2v) is 13.8. The van der Waals surface area contributed by atoms with Crippen LogP contribution >= 0.6 is 23.5 Å². The van der Waals surface area contributed by atoms with Gasteiger partial charge in [-0.1, -0.05) is 17.7 Å². The van der Waals surface area contributed by atoms with E-state index >= 15 is 0 Å². The number of thioether (sulfide) groups is 2. The Labute approximate surface area is 187 Å². The normalized spacial score (nSPS) is 33.2. The number of fused-ring (bicyclic) bond motifs is 1. The Hall–Kier alpha value is -0.290. The SMILES string of the molecule is Cc1ccc(S(=O)(=O)OC2COC(CC3(C)SCCCS3)C3OC(C)(C)OC23)cc1. The van der Waals surface area contributed by atoms with Crippen molar-refractivity contribution in [2.24, 2.45) is 0 Å². The molecule has 1 aromatic rings. The third-order valence-electron chi connectivity index (χ3n) is 5.61. The summed E-state index contributed by atoms with van der Waals surface area (Å²) in [4.78, 5) is 0.132. The van der Waals surface area contributed by atoms with E-state index in [0.717, 1.165) is 23.5 Å². The number of benzene rings is 1. The Kier molecular flexibility index (Phi) is 6.54. The Morgan fingerprint density at radius 3 is 2.37 bits per heavy atom. The van der Waals surface area contributed by atoms with E-state index in [4.69, 9.17) is 18.4 Å². The largest absolute Gasteiger partial charge is 0.372 e. The standard InChI is InChI=1S/C21H30O6S3/c1-14-6-8-15(9-7-14)30(22,23)27-17-13-24-16(12-21(4)28-10-5-11-29-21)18-19(17)26-20(2,3)25-18/h6-9,16-19H,5,10-13H2,1-4H3. The molecular formula is C21H30O6S3. The molecule has 6 nitrogen and oxygen atoms in total. The maximum Gasteiger partial charge on any atom is 0.297 e. The summed E-state index contributed by atoms with van der Waals surface area (Å²) in [6, 6.07) is 6.63. The van der Waals surface area contributed by atoms with Crippen molar-refractivity contribution in [3.05, 3.63) is 29.8 Å². The fourth-order valence-electron chi connectivity index (χ4n) is 4.14. The van der Waals surface area contributed by atoms with Gasteiger partial charge in [0.15, 0.2) is 5.79 Å². The lowest BCUT2D eigenvalue weighted by atomic mass is 9.97. The van der Waals surface area contributed by atoms with E-state index in [9.17, 15) is 8.42 Å². The van der Waals surface area contributed by atoms with E-state index < -0.39 is 28.1 Å². The molecule has 0 amide bonds. The smallest absolute Gasteiger partial charge is 0.297 e. The van der Waals surface area contributed by atoms with E-state index in [2.05, 4.69) is 6.92 Å². The molecule has 0 aromatic heterocycles. The van der Waals surface area contributed by atoms with Crippen LogP contribution in [0.15, 0.2) is 29.2 Å². The number of aryl methyl sites for hydroxylation is 1.